The van der Waals surface area contributed by atoms with E-state index in [0.717, 1.165) is 12.2 Å². The molecule has 0 heterocycles. The fraction of sp³-hybridized carbons (Fsp3) is 0.625. The van der Waals surface area contributed by atoms with Crippen LogP contribution in [0, 0.1) is 5.41 Å². The van der Waals surface area contributed by atoms with Gasteiger partial charge in [0, 0.05) is 11.8 Å². The molecule has 2 heteroatoms. The number of aryl methyl sites for hydroxylation is 2. The van der Waals surface area contributed by atoms with E-state index in [-0.39, 0.29) is 17.6 Å². The van der Waals surface area contributed by atoms with Gasteiger partial charge in [0.25, 0.3) is 0 Å². The summed E-state index contributed by atoms with van der Waals surface area (Å²) in [6.07, 6.45) is 5.68. The first-order chi connectivity index (χ1) is 8.57. The summed E-state index contributed by atoms with van der Waals surface area (Å²) < 4.78 is 6.04. The Morgan fingerprint density at radius 3 is 2.56 bits per heavy atom. The second-order valence-corrected chi connectivity index (χ2v) is 6.32. The molecule has 0 aromatic heterocycles. The monoisotopic (exact) mass is 246 g/mol. The number of hydrogen-bond acceptors (Lipinski definition) is 2. The van der Waals surface area contributed by atoms with Crippen LogP contribution in [-0.2, 0) is 12.8 Å². The van der Waals surface area contributed by atoms with Gasteiger partial charge in [-0.3, -0.25) is 0 Å². The zero-order chi connectivity index (χ0) is 12.8. The SMILES string of the molecule is CC1(C)C(O)CC1Oc1ccc2c(c1)CCCC2. The Bertz CT molecular complexity index is 450. The van der Waals surface area contributed by atoms with E-state index in [1.807, 2.05) is 0 Å². The molecule has 2 aliphatic carbocycles. The highest BCUT2D eigenvalue weighted by Gasteiger charge is 2.49. The Labute approximate surface area is 109 Å². The lowest BCUT2D eigenvalue weighted by Gasteiger charge is -2.48. The normalized spacial score (nSPS) is 29.3. The quantitative estimate of drug-likeness (QED) is 0.869. The van der Waals surface area contributed by atoms with Crippen LogP contribution in [0.1, 0.15) is 44.2 Å². The van der Waals surface area contributed by atoms with E-state index in [0.29, 0.717) is 0 Å². The summed E-state index contributed by atoms with van der Waals surface area (Å²) in [4.78, 5) is 0. The molecular weight excluding hydrogens is 224 g/mol. The fourth-order valence-corrected chi connectivity index (χ4v) is 3.01. The number of aliphatic hydroxyl groups is 1. The molecule has 0 bridgehead atoms. The zero-order valence-electron chi connectivity index (χ0n) is 11.3. The van der Waals surface area contributed by atoms with Crippen molar-refractivity contribution in [2.75, 3.05) is 0 Å². The number of hydrogen-bond donors (Lipinski definition) is 1. The van der Waals surface area contributed by atoms with Crippen LogP contribution in [0.15, 0.2) is 18.2 Å². The van der Waals surface area contributed by atoms with Crippen LogP contribution < -0.4 is 4.74 Å². The highest BCUT2D eigenvalue weighted by atomic mass is 16.5. The smallest absolute Gasteiger partial charge is 0.120 e. The van der Waals surface area contributed by atoms with Gasteiger partial charge >= 0.3 is 0 Å². The average Bonchev–Trinajstić information content (AvgIpc) is 2.38. The van der Waals surface area contributed by atoms with E-state index in [2.05, 4.69) is 32.0 Å². The summed E-state index contributed by atoms with van der Waals surface area (Å²) in [7, 11) is 0. The molecule has 0 saturated heterocycles. The van der Waals surface area contributed by atoms with Crippen molar-refractivity contribution in [2.45, 2.75) is 58.2 Å². The molecule has 2 atom stereocenters. The molecule has 0 radical (unpaired) electrons. The molecule has 2 aliphatic rings. The van der Waals surface area contributed by atoms with Crippen molar-refractivity contribution in [3.8, 4) is 5.75 Å². The second-order valence-electron chi connectivity index (χ2n) is 6.32. The van der Waals surface area contributed by atoms with E-state index in [4.69, 9.17) is 4.74 Å². The Balaban J connectivity index is 1.74. The largest absolute Gasteiger partial charge is 0.490 e. The summed E-state index contributed by atoms with van der Waals surface area (Å²) in [6, 6.07) is 6.51. The van der Waals surface area contributed by atoms with Crippen LogP contribution in [0.25, 0.3) is 0 Å². The highest BCUT2D eigenvalue weighted by molar-refractivity contribution is 5.37. The van der Waals surface area contributed by atoms with Crippen molar-refractivity contribution < 1.29 is 9.84 Å². The van der Waals surface area contributed by atoms with Crippen molar-refractivity contribution in [3.05, 3.63) is 29.3 Å². The van der Waals surface area contributed by atoms with Crippen LogP contribution in [0.3, 0.4) is 0 Å². The van der Waals surface area contributed by atoms with E-state index in [1.54, 1.807) is 0 Å². The molecule has 1 aromatic rings. The number of benzene rings is 1. The minimum atomic E-state index is -0.222. The number of aliphatic hydroxyl groups excluding tert-OH is 1. The lowest BCUT2D eigenvalue weighted by atomic mass is 9.66. The highest BCUT2D eigenvalue weighted by Crippen LogP contribution is 2.43. The minimum Gasteiger partial charge on any atom is -0.490 e. The number of rotatable bonds is 2. The predicted octanol–water partition coefficient (Wildman–Crippen LogP) is 3.10. The van der Waals surface area contributed by atoms with E-state index < -0.39 is 0 Å². The number of ether oxygens (including phenoxy) is 1. The summed E-state index contributed by atoms with van der Waals surface area (Å²) >= 11 is 0. The predicted molar refractivity (Wildman–Crippen MR) is 71.9 cm³/mol. The minimum absolute atomic E-state index is 0.115. The van der Waals surface area contributed by atoms with Crippen molar-refractivity contribution >= 4 is 0 Å². The van der Waals surface area contributed by atoms with E-state index in [1.165, 1.54) is 36.8 Å². The lowest BCUT2D eigenvalue weighted by Crippen LogP contribution is -2.56. The second kappa shape index (κ2) is 4.27. The Morgan fingerprint density at radius 2 is 1.89 bits per heavy atom. The molecule has 3 rings (SSSR count). The topological polar surface area (TPSA) is 29.5 Å². The molecule has 1 N–H and O–H groups in total. The van der Waals surface area contributed by atoms with Gasteiger partial charge in [-0.25, -0.2) is 0 Å². The first-order valence-corrected chi connectivity index (χ1v) is 7.04. The van der Waals surface area contributed by atoms with Crippen LogP contribution >= 0.6 is 0 Å². The molecular formula is C16H22O2. The molecule has 1 fully saturated rings. The van der Waals surface area contributed by atoms with Crippen LogP contribution in [0.5, 0.6) is 5.75 Å². The lowest BCUT2D eigenvalue weighted by molar-refractivity contribution is -0.134. The molecule has 98 valence electrons. The Hall–Kier alpha value is -1.02. The van der Waals surface area contributed by atoms with Gasteiger partial charge in [0.15, 0.2) is 0 Å². The standard InChI is InChI=1S/C16H22O2/c1-16(2)14(17)10-15(16)18-13-8-7-11-5-3-4-6-12(11)9-13/h7-9,14-15,17H,3-6,10H2,1-2H3. The molecule has 1 saturated carbocycles. The van der Waals surface area contributed by atoms with E-state index in [9.17, 15) is 5.11 Å². The summed E-state index contributed by atoms with van der Waals surface area (Å²) in [5.41, 5.74) is 2.83. The fourth-order valence-electron chi connectivity index (χ4n) is 3.01. The van der Waals surface area contributed by atoms with Gasteiger partial charge in [0.2, 0.25) is 0 Å². The maximum atomic E-state index is 9.74. The maximum absolute atomic E-state index is 9.74. The first kappa shape index (κ1) is 12.0. The molecule has 0 aliphatic heterocycles. The third-order valence-corrected chi connectivity index (χ3v) is 4.72. The van der Waals surface area contributed by atoms with Crippen molar-refractivity contribution in [3.63, 3.8) is 0 Å². The first-order valence-electron chi connectivity index (χ1n) is 7.04. The summed E-state index contributed by atoms with van der Waals surface area (Å²) in [5, 5.41) is 9.74. The molecule has 2 nitrogen and oxygen atoms in total. The van der Waals surface area contributed by atoms with Crippen molar-refractivity contribution in [1.29, 1.82) is 0 Å². The maximum Gasteiger partial charge on any atom is 0.120 e. The van der Waals surface area contributed by atoms with Gasteiger partial charge in [-0.1, -0.05) is 19.9 Å². The van der Waals surface area contributed by atoms with Crippen molar-refractivity contribution in [2.24, 2.45) is 5.41 Å². The van der Waals surface area contributed by atoms with Crippen LogP contribution in [0.2, 0.25) is 0 Å². The van der Waals surface area contributed by atoms with Crippen LogP contribution in [0.4, 0.5) is 0 Å². The van der Waals surface area contributed by atoms with Gasteiger partial charge in [-0.2, -0.15) is 0 Å². The summed E-state index contributed by atoms with van der Waals surface area (Å²) in [5.74, 6) is 0.973. The van der Waals surface area contributed by atoms with Gasteiger partial charge in [0.05, 0.1) is 6.10 Å². The Kier molecular flexibility index (Phi) is 2.86. The van der Waals surface area contributed by atoms with Gasteiger partial charge < -0.3 is 9.84 Å². The third-order valence-electron chi connectivity index (χ3n) is 4.72. The summed E-state index contributed by atoms with van der Waals surface area (Å²) in [6.45, 7) is 4.15. The van der Waals surface area contributed by atoms with Crippen molar-refractivity contribution in [1.82, 2.24) is 0 Å². The van der Waals surface area contributed by atoms with E-state index >= 15 is 0 Å². The Morgan fingerprint density at radius 1 is 1.17 bits per heavy atom. The molecule has 0 spiro atoms. The molecule has 18 heavy (non-hydrogen) atoms. The molecule has 1 aromatic carbocycles. The molecule has 0 amide bonds. The average molecular weight is 246 g/mol. The van der Waals surface area contributed by atoms with Gasteiger partial charge in [0.1, 0.15) is 11.9 Å². The van der Waals surface area contributed by atoms with Gasteiger partial charge in [-0.15, -0.1) is 0 Å². The third kappa shape index (κ3) is 1.93. The van der Waals surface area contributed by atoms with Crippen LogP contribution in [-0.4, -0.2) is 17.3 Å². The molecule has 2 unspecified atom stereocenters. The zero-order valence-corrected chi connectivity index (χ0v) is 11.3. The number of fused-ring (bicyclic) bond motifs is 1. The van der Waals surface area contributed by atoms with Gasteiger partial charge in [-0.05, 0) is 48.9 Å².